The van der Waals surface area contributed by atoms with Gasteiger partial charge in [-0.25, -0.2) is 4.68 Å². The van der Waals surface area contributed by atoms with E-state index in [2.05, 4.69) is 24.2 Å². The van der Waals surface area contributed by atoms with Crippen LogP contribution in [-0.4, -0.2) is 26.7 Å². The molecule has 0 unspecified atom stereocenters. The second-order valence-electron chi connectivity index (χ2n) is 5.33. The highest BCUT2D eigenvalue weighted by Crippen LogP contribution is 2.25. The number of aliphatic hydroxyl groups excluding tert-OH is 1. The highest BCUT2D eigenvalue weighted by molar-refractivity contribution is 5.20. The summed E-state index contributed by atoms with van der Waals surface area (Å²) in [6.45, 7) is 5.66. The van der Waals surface area contributed by atoms with E-state index < -0.39 is 0 Å². The lowest BCUT2D eigenvalue weighted by atomic mass is 9.97. The van der Waals surface area contributed by atoms with E-state index in [0.29, 0.717) is 18.2 Å². The molecule has 1 heterocycles. The van der Waals surface area contributed by atoms with Crippen LogP contribution in [0.25, 0.3) is 0 Å². The molecule has 5 heteroatoms. The van der Waals surface area contributed by atoms with Crippen molar-refractivity contribution >= 4 is 0 Å². The highest BCUT2D eigenvalue weighted by Gasteiger charge is 2.19. The van der Waals surface area contributed by atoms with Crippen molar-refractivity contribution in [2.75, 3.05) is 6.61 Å². The zero-order valence-corrected chi connectivity index (χ0v) is 13.4. The third-order valence-corrected chi connectivity index (χ3v) is 3.90. The second-order valence-corrected chi connectivity index (χ2v) is 5.33. The average molecular weight is 303 g/mol. The van der Waals surface area contributed by atoms with Crippen molar-refractivity contribution < 1.29 is 9.84 Å². The third-order valence-electron chi connectivity index (χ3n) is 3.90. The second kappa shape index (κ2) is 8.54. The van der Waals surface area contributed by atoms with Gasteiger partial charge in [-0.15, -0.1) is 5.10 Å². The van der Waals surface area contributed by atoms with E-state index in [4.69, 9.17) is 4.74 Å². The maximum Gasteiger partial charge on any atom is 0.119 e. The largest absolute Gasteiger partial charge is 0.494 e. The van der Waals surface area contributed by atoms with Crippen LogP contribution in [0.2, 0.25) is 0 Å². The van der Waals surface area contributed by atoms with Crippen LogP contribution >= 0.6 is 0 Å². The van der Waals surface area contributed by atoms with E-state index in [9.17, 15) is 5.11 Å². The van der Waals surface area contributed by atoms with Crippen molar-refractivity contribution in [1.82, 2.24) is 15.0 Å². The SMILES string of the molecule is CCC(CC)c1c(CO)nnn1CCCOc1ccccc1. The van der Waals surface area contributed by atoms with Crippen molar-refractivity contribution in [2.45, 2.75) is 52.2 Å². The van der Waals surface area contributed by atoms with Gasteiger partial charge in [-0.05, 0) is 25.0 Å². The molecular formula is C17H25N3O2. The Morgan fingerprint density at radius 3 is 2.55 bits per heavy atom. The summed E-state index contributed by atoms with van der Waals surface area (Å²) in [7, 11) is 0. The molecule has 0 fully saturated rings. The Labute approximate surface area is 131 Å². The number of para-hydroxylation sites is 1. The van der Waals surface area contributed by atoms with Crippen molar-refractivity contribution in [2.24, 2.45) is 0 Å². The number of aryl methyl sites for hydroxylation is 1. The first-order valence-electron chi connectivity index (χ1n) is 8.01. The molecule has 0 bridgehead atoms. The zero-order valence-electron chi connectivity index (χ0n) is 13.4. The van der Waals surface area contributed by atoms with Gasteiger partial charge in [0, 0.05) is 18.9 Å². The van der Waals surface area contributed by atoms with Crippen molar-refractivity contribution in [3.05, 3.63) is 41.7 Å². The Balaban J connectivity index is 1.93. The number of hydrogen-bond acceptors (Lipinski definition) is 4. The molecule has 0 atom stereocenters. The van der Waals surface area contributed by atoms with Crippen LogP contribution < -0.4 is 4.74 Å². The predicted octanol–water partition coefficient (Wildman–Crippen LogP) is 3.14. The lowest BCUT2D eigenvalue weighted by Gasteiger charge is -2.15. The molecule has 2 rings (SSSR count). The number of aromatic nitrogens is 3. The highest BCUT2D eigenvalue weighted by atomic mass is 16.5. The van der Waals surface area contributed by atoms with Gasteiger partial charge in [-0.3, -0.25) is 0 Å². The first kappa shape index (κ1) is 16.5. The normalized spacial score (nSPS) is 11.1. The summed E-state index contributed by atoms with van der Waals surface area (Å²) in [5.41, 5.74) is 1.78. The Morgan fingerprint density at radius 1 is 1.18 bits per heavy atom. The minimum Gasteiger partial charge on any atom is -0.494 e. The van der Waals surface area contributed by atoms with Crippen LogP contribution in [0, 0.1) is 0 Å². The van der Waals surface area contributed by atoms with Crippen molar-refractivity contribution in [1.29, 1.82) is 0 Å². The van der Waals surface area contributed by atoms with E-state index in [-0.39, 0.29) is 6.61 Å². The van der Waals surface area contributed by atoms with E-state index in [1.54, 1.807) is 0 Å². The molecule has 1 N–H and O–H groups in total. The first-order chi connectivity index (χ1) is 10.8. The molecule has 0 saturated carbocycles. The van der Waals surface area contributed by atoms with Crippen LogP contribution in [0.3, 0.4) is 0 Å². The predicted molar refractivity (Wildman–Crippen MR) is 85.8 cm³/mol. The number of benzene rings is 1. The van der Waals surface area contributed by atoms with Gasteiger partial charge in [-0.2, -0.15) is 0 Å². The molecule has 0 aliphatic carbocycles. The van der Waals surface area contributed by atoms with Crippen LogP contribution in [-0.2, 0) is 13.2 Å². The Morgan fingerprint density at radius 2 is 1.91 bits per heavy atom. The summed E-state index contributed by atoms with van der Waals surface area (Å²) in [6.07, 6.45) is 2.91. The smallest absolute Gasteiger partial charge is 0.119 e. The fourth-order valence-corrected chi connectivity index (χ4v) is 2.68. The Hall–Kier alpha value is -1.88. The van der Waals surface area contributed by atoms with Gasteiger partial charge in [-0.1, -0.05) is 37.3 Å². The lowest BCUT2D eigenvalue weighted by Crippen LogP contribution is -2.12. The summed E-state index contributed by atoms with van der Waals surface area (Å²) in [5, 5.41) is 17.8. The van der Waals surface area contributed by atoms with Crippen LogP contribution in [0.4, 0.5) is 0 Å². The summed E-state index contributed by atoms with van der Waals surface area (Å²) in [4.78, 5) is 0. The van der Waals surface area contributed by atoms with Gasteiger partial charge in [0.15, 0.2) is 0 Å². The van der Waals surface area contributed by atoms with E-state index in [1.807, 2.05) is 35.0 Å². The number of aliphatic hydroxyl groups is 1. The number of nitrogens with zero attached hydrogens (tertiary/aromatic N) is 3. The molecule has 1 aromatic carbocycles. The molecule has 0 aliphatic heterocycles. The van der Waals surface area contributed by atoms with Crippen LogP contribution in [0.5, 0.6) is 5.75 Å². The number of rotatable bonds is 9. The fourth-order valence-electron chi connectivity index (χ4n) is 2.68. The minimum atomic E-state index is -0.0493. The first-order valence-corrected chi connectivity index (χ1v) is 8.01. The molecule has 0 spiro atoms. The van der Waals surface area contributed by atoms with Crippen LogP contribution in [0.15, 0.2) is 30.3 Å². The lowest BCUT2D eigenvalue weighted by molar-refractivity contribution is 0.274. The van der Waals surface area contributed by atoms with Gasteiger partial charge in [0.2, 0.25) is 0 Å². The van der Waals surface area contributed by atoms with Crippen LogP contribution in [0.1, 0.15) is 50.4 Å². The van der Waals surface area contributed by atoms with Gasteiger partial charge in [0.05, 0.1) is 18.9 Å². The monoisotopic (exact) mass is 303 g/mol. The van der Waals surface area contributed by atoms with E-state index >= 15 is 0 Å². The van der Waals surface area contributed by atoms with Crippen molar-refractivity contribution in [3.8, 4) is 5.75 Å². The van der Waals surface area contributed by atoms with E-state index in [0.717, 1.165) is 37.3 Å². The summed E-state index contributed by atoms with van der Waals surface area (Å²) >= 11 is 0. The zero-order chi connectivity index (χ0) is 15.8. The van der Waals surface area contributed by atoms with Gasteiger partial charge < -0.3 is 9.84 Å². The molecular weight excluding hydrogens is 278 g/mol. The molecule has 0 amide bonds. The summed E-state index contributed by atoms with van der Waals surface area (Å²) in [5.74, 6) is 1.28. The van der Waals surface area contributed by atoms with Gasteiger partial charge in [0.1, 0.15) is 11.4 Å². The molecule has 0 saturated heterocycles. The summed E-state index contributed by atoms with van der Waals surface area (Å²) < 4.78 is 7.63. The Bertz CT molecular complexity index is 550. The molecule has 0 radical (unpaired) electrons. The van der Waals surface area contributed by atoms with Crippen molar-refractivity contribution in [3.63, 3.8) is 0 Å². The maximum atomic E-state index is 9.45. The van der Waals surface area contributed by atoms with Gasteiger partial charge in [0.25, 0.3) is 0 Å². The minimum absolute atomic E-state index is 0.0493. The molecule has 1 aromatic heterocycles. The fraction of sp³-hybridized carbons (Fsp3) is 0.529. The van der Waals surface area contributed by atoms with E-state index in [1.165, 1.54) is 0 Å². The quantitative estimate of drug-likeness (QED) is 0.723. The summed E-state index contributed by atoms with van der Waals surface area (Å²) in [6, 6.07) is 9.81. The molecule has 0 aliphatic rings. The Kier molecular flexibility index (Phi) is 6.40. The molecule has 5 nitrogen and oxygen atoms in total. The molecule has 2 aromatic rings. The maximum absolute atomic E-state index is 9.45. The average Bonchev–Trinajstić information content (AvgIpc) is 2.97. The molecule has 120 valence electrons. The third kappa shape index (κ3) is 4.07. The molecule has 22 heavy (non-hydrogen) atoms. The standard InChI is InChI=1S/C17H25N3O2/c1-3-14(4-2)17-16(13-21)18-19-20(17)11-8-12-22-15-9-6-5-7-10-15/h5-7,9-10,14,21H,3-4,8,11-13H2,1-2H3. The number of ether oxygens (including phenoxy) is 1. The topological polar surface area (TPSA) is 60.2 Å². The number of hydrogen-bond donors (Lipinski definition) is 1. The van der Waals surface area contributed by atoms with Gasteiger partial charge >= 0.3 is 0 Å².